The van der Waals surface area contributed by atoms with E-state index < -0.39 is 0 Å². The number of aromatic nitrogens is 1. The number of hydrogen-bond donors (Lipinski definition) is 2. The van der Waals surface area contributed by atoms with Crippen molar-refractivity contribution in [1.29, 1.82) is 0 Å². The number of phenols is 1. The van der Waals surface area contributed by atoms with Crippen LogP contribution in [-0.2, 0) is 0 Å². The van der Waals surface area contributed by atoms with E-state index in [2.05, 4.69) is 15.5 Å². The Hall–Kier alpha value is -3.21. The first-order chi connectivity index (χ1) is 10.8. The molecule has 0 unspecified atom stereocenters. The zero-order chi connectivity index (χ0) is 15.4. The standard InChI is InChI=1S/C17H13N3O2/c21-15-9-8-13(14-7-4-10-18-16(14)15)11-19-20-17(22)12-5-2-1-3-6-12/h1-11,21H,(H,20,22)/b19-11+. The van der Waals surface area contributed by atoms with Gasteiger partial charge in [-0.05, 0) is 30.3 Å². The van der Waals surface area contributed by atoms with Gasteiger partial charge in [-0.25, -0.2) is 5.43 Å². The molecule has 3 aromatic rings. The van der Waals surface area contributed by atoms with Gasteiger partial charge in [-0.1, -0.05) is 24.3 Å². The molecule has 0 saturated carbocycles. The summed E-state index contributed by atoms with van der Waals surface area (Å²) in [6, 6.07) is 15.7. The van der Waals surface area contributed by atoms with Crippen molar-refractivity contribution in [1.82, 2.24) is 10.4 Å². The number of aromatic hydroxyl groups is 1. The summed E-state index contributed by atoms with van der Waals surface area (Å²) in [4.78, 5) is 16.0. The number of fused-ring (bicyclic) bond motifs is 1. The molecular formula is C17H13N3O2. The van der Waals surface area contributed by atoms with Crippen molar-refractivity contribution in [3.63, 3.8) is 0 Å². The van der Waals surface area contributed by atoms with Gasteiger partial charge in [0.2, 0.25) is 0 Å². The minimum absolute atomic E-state index is 0.112. The van der Waals surface area contributed by atoms with Gasteiger partial charge in [0.05, 0.1) is 6.21 Å². The molecule has 0 aliphatic rings. The number of benzene rings is 2. The van der Waals surface area contributed by atoms with E-state index in [0.29, 0.717) is 11.1 Å². The number of hydrogen-bond acceptors (Lipinski definition) is 4. The van der Waals surface area contributed by atoms with Crippen LogP contribution in [0.1, 0.15) is 15.9 Å². The molecule has 0 spiro atoms. The third kappa shape index (κ3) is 2.78. The van der Waals surface area contributed by atoms with Crippen molar-refractivity contribution in [3.05, 3.63) is 71.9 Å². The maximum absolute atomic E-state index is 11.9. The summed E-state index contributed by atoms with van der Waals surface area (Å²) < 4.78 is 0. The third-order valence-corrected chi connectivity index (χ3v) is 3.19. The van der Waals surface area contributed by atoms with Crippen LogP contribution in [0.3, 0.4) is 0 Å². The van der Waals surface area contributed by atoms with Crippen LogP contribution in [0.15, 0.2) is 65.9 Å². The number of carbonyl (C=O) groups excluding carboxylic acids is 1. The number of phenolic OH excluding ortho intramolecular Hbond substituents is 1. The molecule has 5 nitrogen and oxygen atoms in total. The molecular weight excluding hydrogens is 278 g/mol. The van der Waals surface area contributed by atoms with Crippen molar-refractivity contribution in [2.24, 2.45) is 5.10 Å². The highest BCUT2D eigenvalue weighted by atomic mass is 16.3. The Morgan fingerprint density at radius 3 is 2.73 bits per heavy atom. The molecule has 3 rings (SSSR count). The predicted molar refractivity (Wildman–Crippen MR) is 84.9 cm³/mol. The van der Waals surface area contributed by atoms with Gasteiger partial charge in [-0.2, -0.15) is 5.10 Å². The topological polar surface area (TPSA) is 74.6 Å². The van der Waals surface area contributed by atoms with Gasteiger partial charge in [0.15, 0.2) is 0 Å². The minimum Gasteiger partial charge on any atom is -0.506 e. The van der Waals surface area contributed by atoms with Gasteiger partial charge in [-0.3, -0.25) is 9.78 Å². The molecule has 0 aliphatic carbocycles. The predicted octanol–water partition coefficient (Wildman–Crippen LogP) is 2.70. The molecule has 0 saturated heterocycles. The van der Waals surface area contributed by atoms with Crippen LogP contribution in [0.25, 0.3) is 10.9 Å². The fraction of sp³-hybridized carbons (Fsp3) is 0. The number of carbonyl (C=O) groups is 1. The monoisotopic (exact) mass is 291 g/mol. The van der Waals surface area contributed by atoms with E-state index in [4.69, 9.17) is 0 Å². The summed E-state index contributed by atoms with van der Waals surface area (Å²) in [7, 11) is 0. The van der Waals surface area contributed by atoms with E-state index in [-0.39, 0.29) is 11.7 Å². The first-order valence-corrected chi connectivity index (χ1v) is 6.71. The van der Waals surface area contributed by atoms with Crippen LogP contribution in [0, 0.1) is 0 Å². The van der Waals surface area contributed by atoms with Crippen molar-refractivity contribution in [3.8, 4) is 5.75 Å². The van der Waals surface area contributed by atoms with E-state index in [0.717, 1.165) is 10.9 Å². The fourth-order valence-electron chi connectivity index (χ4n) is 2.11. The number of nitrogens with one attached hydrogen (secondary N) is 1. The smallest absolute Gasteiger partial charge is 0.271 e. The molecule has 108 valence electrons. The second-order valence-electron chi connectivity index (χ2n) is 4.64. The zero-order valence-corrected chi connectivity index (χ0v) is 11.6. The van der Waals surface area contributed by atoms with Crippen molar-refractivity contribution >= 4 is 23.0 Å². The summed E-state index contributed by atoms with van der Waals surface area (Å²) >= 11 is 0. The van der Waals surface area contributed by atoms with Crippen LogP contribution in [0.5, 0.6) is 5.75 Å². The van der Waals surface area contributed by atoms with Gasteiger partial charge < -0.3 is 5.11 Å². The summed E-state index contributed by atoms with van der Waals surface area (Å²) in [5, 5.41) is 14.5. The second-order valence-corrected chi connectivity index (χ2v) is 4.64. The molecule has 2 N–H and O–H groups in total. The lowest BCUT2D eigenvalue weighted by atomic mass is 10.1. The average Bonchev–Trinajstić information content (AvgIpc) is 2.58. The Labute approximate surface area is 126 Å². The number of pyridine rings is 1. The van der Waals surface area contributed by atoms with E-state index in [1.807, 2.05) is 12.1 Å². The number of rotatable bonds is 3. The third-order valence-electron chi connectivity index (χ3n) is 3.19. The second kappa shape index (κ2) is 6.05. The molecule has 0 fully saturated rings. The average molecular weight is 291 g/mol. The zero-order valence-electron chi connectivity index (χ0n) is 11.6. The number of nitrogens with zero attached hydrogens (tertiary/aromatic N) is 2. The largest absolute Gasteiger partial charge is 0.506 e. The number of amides is 1. The number of hydrazone groups is 1. The van der Waals surface area contributed by atoms with Crippen molar-refractivity contribution < 1.29 is 9.90 Å². The Morgan fingerprint density at radius 1 is 1.09 bits per heavy atom. The van der Waals surface area contributed by atoms with Gasteiger partial charge in [-0.15, -0.1) is 0 Å². The lowest BCUT2D eigenvalue weighted by molar-refractivity contribution is 0.0955. The first kappa shape index (κ1) is 13.8. The highest BCUT2D eigenvalue weighted by Gasteiger charge is 2.05. The molecule has 5 heteroatoms. The molecule has 1 heterocycles. The molecule has 1 aromatic heterocycles. The SMILES string of the molecule is O=C(N/N=C/c1ccc(O)c2ncccc12)c1ccccc1. The summed E-state index contributed by atoms with van der Waals surface area (Å²) in [6.07, 6.45) is 3.14. The highest BCUT2D eigenvalue weighted by Crippen LogP contribution is 2.24. The quantitative estimate of drug-likeness (QED) is 0.575. The molecule has 0 atom stereocenters. The van der Waals surface area contributed by atoms with Gasteiger partial charge >= 0.3 is 0 Å². The van der Waals surface area contributed by atoms with Gasteiger partial charge in [0.25, 0.3) is 5.91 Å². The lowest BCUT2D eigenvalue weighted by Crippen LogP contribution is -2.17. The van der Waals surface area contributed by atoms with Crippen LogP contribution >= 0.6 is 0 Å². The van der Waals surface area contributed by atoms with Crippen molar-refractivity contribution in [2.75, 3.05) is 0 Å². The maximum Gasteiger partial charge on any atom is 0.271 e. The Balaban J connectivity index is 1.82. The minimum atomic E-state index is -0.280. The maximum atomic E-state index is 11.9. The van der Waals surface area contributed by atoms with E-state index in [1.54, 1.807) is 48.7 Å². The molecule has 0 radical (unpaired) electrons. The molecule has 0 bridgehead atoms. The van der Waals surface area contributed by atoms with Crippen LogP contribution < -0.4 is 5.43 Å². The fourth-order valence-corrected chi connectivity index (χ4v) is 2.11. The highest BCUT2D eigenvalue weighted by molar-refractivity contribution is 6.01. The molecule has 2 aromatic carbocycles. The Bertz CT molecular complexity index is 845. The first-order valence-electron chi connectivity index (χ1n) is 6.71. The van der Waals surface area contributed by atoms with Crippen LogP contribution in [0.2, 0.25) is 0 Å². The normalized spacial score (nSPS) is 10.9. The lowest BCUT2D eigenvalue weighted by Gasteiger charge is -2.03. The molecule has 1 amide bonds. The summed E-state index contributed by atoms with van der Waals surface area (Å²) in [5.41, 5.74) is 4.27. The van der Waals surface area contributed by atoms with E-state index in [9.17, 15) is 9.90 Å². The summed E-state index contributed by atoms with van der Waals surface area (Å²) in [6.45, 7) is 0. The molecule has 22 heavy (non-hydrogen) atoms. The van der Waals surface area contributed by atoms with Crippen LogP contribution in [0.4, 0.5) is 0 Å². The Morgan fingerprint density at radius 2 is 1.91 bits per heavy atom. The van der Waals surface area contributed by atoms with E-state index >= 15 is 0 Å². The molecule has 0 aliphatic heterocycles. The van der Waals surface area contributed by atoms with Crippen LogP contribution in [-0.4, -0.2) is 22.2 Å². The Kier molecular flexibility index (Phi) is 3.78. The van der Waals surface area contributed by atoms with Gasteiger partial charge in [0.1, 0.15) is 11.3 Å². The van der Waals surface area contributed by atoms with Gasteiger partial charge in [0, 0.05) is 22.7 Å². The summed E-state index contributed by atoms with van der Waals surface area (Å²) in [5.74, 6) is -0.167. The van der Waals surface area contributed by atoms with Crippen molar-refractivity contribution in [2.45, 2.75) is 0 Å². The van der Waals surface area contributed by atoms with E-state index in [1.165, 1.54) is 6.21 Å².